The molecule has 4 nitrogen and oxygen atoms in total. The van der Waals surface area contributed by atoms with Gasteiger partial charge in [0, 0.05) is 10.6 Å². The number of carbonyl (C=O) groups is 1. The first-order valence-corrected chi connectivity index (χ1v) is 4.47. The summed E-state index contributed by atoms with van der Waals surface area (Å²) in [5, 5.41) is 8.34. The summed E-state index contributed by atoms with van der Waals surface area (Å²) < 4.78 is 2.70. The third kappa shape index (κ3) is 4.96. The SMILES string of the molecule is Cl.Nc1ccc(SNCC(=O)O)cc1. The lowest BCUT2D eigenvalue weighted by Gasteiger charge is -2.00. The highest BCUT2D eigenvalue weighted by Crippen LogP contribution is 2.15. The largest absolute Gasteiger partial charge is 0.480 e. The lowest BCUT2D eigenvalue weighted by atomic mass is 10.3. The summed E-state index contributed by atoms with van der Waals surface area (Å²) in [6.07, 6.45) is 0. The van der Waals surface area contributed by atoms with Crippen molar-refractivity contribution >= 4 is 36.0 Å². The van der Waals surface area contributed by atoms with Crippen LogP contribution in [-0.4, -0.2) is 17.6 Å². The summed E-state index contributed by atoms with van der Waals surface area (Å²) in [5.74, 6) is -0.872. The summed E-state index contributed by atoms with van der Waals surface area (Å²) in [6, 6.07) is 7.19. The van der Waals surface area contributed by atoms with Gasteiger partial charge >= 0.3 is 5.97 Å². The molecule has 0 heterocycles. The van der Waals surface area contributed by atoms with Crippen LogP contribution in [-0.2, 0) is 4.79 Å². The zero-order valence-corrected chi connectivity index (χ0v) is 8.90. The number of carboxylic acid groups (broad SMARTS) is 1. The van der Waals surface area contributed by atoms with E-state index in [0.29, 0.717) is 5.69 Å². The first-order valence-electron chi connectivity index (χ1n) is 3.65. The number of nitrogens with one attached hydrogen (secondary N) is 1. The van der Waals surface area contributed by atoms with E-state index in [1.807, 2.05) is 12.1 Å². The molecule has 0 saturated heterocycles. The maximum Gasteiger partial charge on any atom is 0.318 e. The van der Waals surface area contributed by atoms with Gasteiger partial charge in [-0.3, -0.25) is 4.79 Å². The highest BCUT2D eigenvalue weighted by Gasteiger charge is 1.96. The van der Waals surface area contributed by atoms with Crippen LogP contribution in [0.4, 0.5) is 5.69 Å². The Morgan fingerprint density at radius 3 is 2.50 bits per heavy atom. The number of aliphatic carboxylic acids is 1. The number of benzene rings is 1. The molecule has 1 aromatic rings. The van der Waals surface area contributed by atoms with Crippen LogP contribution in [0.15, 0.2) is 29.2 Å². The number of anilines is 1. The maximum absolute atomic E-state index is 10.1. The first-order chi connectivity index (χ1) is 6.18. The van der Waals surface area contributed by atoms with Gasteiger partial charge in [-0.1, -0.05) is 0 Å². The molecule has 0 aliphatic heterocycles. The van der Waals surface area contributed by atoms with Crippen molar-refractivity contribution in [1.82, 2.24) is 4.72 Å². The minimum absolute atomic E-state index is 0. The molecular weight excluding hydrogens is 224 g/mol. The van der Waals surface area contributed by atoms with Crippen LogP contribution < -0.4 is 10.5 Å². The van der Waals surface area contributed by atoms with Crippen molar-refractivity contribution in [1.29, 1.82) is 0 Å². The fourth-order valence-electron chi connectivity index (χ4n) is 0.717. The van der Waals surface area contributed by atoms with Gasteiger partial charge in [-0.25, -0.2) is 4.72 Å². The molecule has 0 unspecified atom stereocenters. The zero-order chi connectivity index (χ0) is 9.68. The summed E-state index contributed by atoms with van der Waals surface area (Å²) in [5.41, 5.74) is 6.18. The second-order valence-electron chi connectivity index (χ2n) is 2.39. The predicted molar refractivity (Wildman–Crippen MR) is 59.6 cm³/mol. The van der Waals surface area contributed by atoms with E-state index in [-0.39, 0.29) is 19.0 Å². The van der Waals surface area contributed by atoms with Crippen LogP contribution in [0.5, 0.6) is 0 Å². The second-order valence-corrected chi connectivity index (χ2v) is 3.35. The van der Waals surface area contributed by atoms with Crippen molar-refractivity contribution < 1.29 is 9.90 Å². The summed E-state index contributed by atoms with van der Waals surface area (Å²) in [6.45, 7) is -0.0605. The quantitative estimate of drug-likeness (QED) is 0.542. The van der Waals surface area contributed by atoms with Crippen LogP contribution in [0.1, 0.15) is 0 Å². The van der Waals surface area contributed by atoms with E-state index in [0.717, 1.165) is 4.90 Å². The molecule has 1 aromatic carbocycles. The summed E-state index contributed by atoms with van der Waals surface area (Å²) in [7, 11) is 0. The number of halogens is 1. The number of hydrogen-bond acceptors (Lipinski definition) is 4. The lowest BCUT2D eigenvalue weighted by Crippen LogP contribution is -2.15. The fraction of sp³-hybridized carbons (Fsp3) is 0.125. The van der Waals surface area contributed by atoms with E-state index in [1.54, 1.807) is 12.1 Å². The van der Waals surface area contributed by atoms with Gasteiger partial charge in [0.2, 0.25) is 0 Å². The van der Waals surface area contributed by atoms with Gasteiger partial charge in [-0.2, -0.15) is 0 Å². The lowest BCUT2D eigenvalue weighted by molar-refractivity contribution is -0.135. The predicted octanol–water partition coefficient (Wildman–Crippen LogP) is 1.37. The van der Waals surface area contributed by atoms with Gasteiger partial charge in [0.05, 0.1) is 0 Å². The highest BCUT2D eigenvalue weighted by atomic mass is 35.5. The maximum atomic E-state index is 10.1. The molecule has 1 rings (SSSR count). The Morgan fingerprint density at radius 2 is 2.00 bits per heavy atom. The minimum atomic E-state index is -0.872. The van der Waals surface area contributed by atoms with Gasteiger partial charge in [0.25, 0.3) is 0 Å². The van der Waals surface area contributed by atoms with E-state index in [4.69, 9.17) is 10.8 Å². The molecule has 4 N–H and O–H groups in total. The molecule has 0 bridgehead atoms. The fourth-order valence-corrected chi connectivity index (χ4v) is 1.35. The number of carboxylic acids is 1. The average molecular weight is 235 g/mol. The Bertz CT molecular complexity index is 292. The monoisotopic (exact) mass is 234 g/mol. The molecular formula is C8H11ClN2O2S. The van der Waals surface area contributed by atoms with Crippen molar-refractivity contribution in [2.45, 2.75) is 4.90 Å². The Kier molecular flexibility index (Phi) is 6.11. The van der Waals surface area contributed by atoms with E-state index >= 15 is 0 Å². The number of rotatable bonds is 4. The van der Waals surface area contributed by atoms with Crippen molar-refractivity contribution in [2.24, 2.45) is 0 Å². The molecule has 0 spiro atoms. The van der Waals surface area contributed by atoms with Crippen LogP contribution in [0.2, 0.25) is 0 Å². The molecule has 14 heavy (non-hydrogen) atoms. The molecule has 0 radical (unpaired) electrons. The van der Waals surface area contributed by atoms with Crippen LogP contribution in [0.25, 0.3) is 0 Å². The highest BCUT2D eigenvalue weighted by molar-refractivity contribution is 7.97. The molecule has 0 aliphatic carbocycles. The molecule has 78 valence electrons. The van der Waals surface area contributed by atoms with E-state index in [9.17, 15) is 4.79 Å². The number of nitrogen functional groups attached to an aromatic ring is 1. The van der Waals surface area contributed by atoms with Crippen LogP contribution in [0.3, 0.4) is 0 Å². The van der Waals surface area contributed by atoms with Gasteiger partial charge in [-0.05, 0) is 36.2 Å². The standard InChI is InChI=1S/C8H10N2O2S.ClH/c9-6-1-3-7(4-2-6)13-10-5-8(11)12;/h1-4,10H,5,9H2,(H,11,12);1H. The molecule has 0 aromatic heterocycles. The second kappa shape index (κ2) is 6.53. The number of nitrogens with two attached hydrogens (primary N) is 1. The molecule has 0 aliphatic rings. The zero-order valence-electron chi connectivity index (χ0n) is 7.27. The van der Waals surface area contributed by atoms with Gasteiger partial charge in [0.1, 0.15) is 6.54 Å². The molecule has 0 saturated carbocycles. The summed E-state index contributed by atoms with van der Waals surface area (Å²) in [4.78, 5) is 11.1. The van der Waals surface area contributed by atoms with Crippen molar-refractivity contribution in [3.8, 4) is 0 Å². The van der Waals surface area contributed by atoms with Crippen LogP contribution in [0, 0.1) is 0 Å². The molecule has 0 fully saturated rings. The van der Waals surface area contributed by atoms with Gasteiger partial charge in [-0.15, -0.1) is 12.4 Å². The van der Waals surface area contributed by atoms with E-state index < -0.39 is 5.97 Å². The Hall–Kier alpha value is -0.910. The third-order valence-electron chi connectivity index (χ3n) is 1.29. The van der Waals surface area contributed by atoms with Crippen molar-refractivity contribution in [3.63, 3.8) is 0 Å². The first kappa shape index (κ1) is 13.1. The average Bonchev–Trinajstić information content (AvgIpc) is 2.08. The normalized spacial score (nSPS) is 9.14. The van der Waals surface area contributed by atoms with Crippen molar-refractivity contribution in [2.75, 3.05) is 12.3 Å². The molecule has 0 atom stereocenters. The Labute approximate surface area is 92.4 Å². The Balaban J connectivity index is 0.00000169. The summed E-state index contributed by atoms with van der Waals surface area (Å²) >= 11 is 1.27. The van der Waals surface area contributed by atoms with Crippen molar-refractivity contribution in [3.05, 3.63) is 24.3 Å². The van der Waals surface area contributed by atoms with E-state index in [2.05, 4.69) is 4.72 Å². The third-order valence-corrected chi connectivity index (χ3v) is 2.09. The molecule has 6 heteroatoms. The Morgan fingerprint density at radius 1 is 1.43 bits per heavy atom. The smallest absolute Gasteiger partial charge is 0.318 e. The van der Waals surface area contributed by atoms with Gasteiger partial charge < -0.3 is 10.8 Å². The van der Waals surface area contributed by atoms with Gasteiger partial charge in [0.15, 0.2) is 0 Å². The molecule has 0 amide bonds. The topological polar surface area (TPSA) is 75.3 Å². The van der Waals surface area contributed by atoms with Crippen LogP contribution >= 0.6 is 24.4 Å². The van der Waals surface area contributed by atoms with E-state index in [1.165, 1.54) is 11.9 Å². The minimum Gasteiger partial charge on any atom is -0.480 e. The number of hydrogen-bond donors (Lipinski definition) is 3.